The zero-order valence-electron chi connectivity index (χ0n) is 12.1. The van der Waals surface area contributed by atoms with E-state index in [2.05, 4.69) is 10.5 Å². The molecule has 0 atom stereocenters. The molecule has 0 aliphatic heterocycles. The molecule has 0 aromatic heterocycles. The summed E-state index contributed by atoms with van der Waals surface area (Å²) in [5.74, 6) is 0. The molecule has 1 aromatic rings. The van der Waals surface area contributed by atoms with E-state index < -0.39 is 21.1 Å². The van der Waals surface area contributed by atoms with Crippen molar-refractivity contribution in [1.82, 2.24) is 0 Å². The lowest BCUT2D eigenvalue weighted by molar-refractivity contribution is -0.393. The van der Waals surface area contributed by atoms with Gasteiger partial charge in [-0.25, -0.2) is 0 Å². The number of ether oxygens (including phenoxy) is 1. The van der Waals surface area contributed by atoms with Gasteiger partial charge in [-0.15, -0.1) is 0 Å². The van der Waals surface area contributed by atoms with E-state index in [1.54, 1.807) is 20.8 Å². The second-order valence-corrected chi connectivity index (χ2v) is 4.74. The van der Waals surface area contributed by atoms with Crippen LogP contribution < -0.4 is 5.43 Å². The summed E-state index contributed by atoms with van der Waals surface area (Å²) < 4.78 is 5.22. The molecule has 9 nitrogen and oxygen atoms in total. The number of benzene rings is 1. The Balaban J connectivity index is 3.12. The number of nitro groups is 2. The highest BCUT2D eigenvalue weighted by molar-refractivity contribution is 5.90. The van der Waals surface area contributed by atoms with Crippen LogP contribution in [0.15, 0.2) is 23.3 Å². The van der Waals surface area contributed by atoms with Crippen molar-refractivity contribution < 1.29 is 14.6 Å². The van der Waals surface area contributed by atoms with Crippen LogP contribution in [0.4, 0.5) is 17.1 Å². The Kier molecular flexibility index (Phi) is 4.93. The highest BCUT2D eigenvalue weighted by atomic mass is 16.6. The van der Waals surface area contributed by atoms with E-state index in [1.807, 2.05) is 0 Å². The van der Waals surface area contributed by atoms with Gasteiger partial charge in [-0.1, -0.05) is 0 Å². The van der Waals surface area contributed by atoms with Gasteiger partial charge in [0, 0.05) is 13.2 Å². The minimum Gasteiger partial charge on any atom is -0.373 e. The van der Waals surface area contributed by atoms with Crippen LogP contribution >= 0.6 is 0 Å². The molecule has 0 saturated carbocycles. The monoisotopic (exact) mass is 296 g/mol. The van der Waals surface area contributed by atoms with Crippen molar-refractivity contribution in [3.63, 3.8) is 0 Å². The number of hydrogen-bond acceptors (Lipinski definition) is 7. The molecule has 1 N–H and O–H groups in total. The van der Waals surface area contributed by atoms with E-state index >= 15 is 0 Å². The molecule has 0 aliphatic rings. The van der Waals surface area contributed by atoms with Gasteiger partial charge < -0.3 is 4.74 Å². The Labute approximate surface area is 120 Å². The van der Waals surface area contributed by atoms with Gasteiger partial charge in [0.05, 0.1) is 21.6 Å². The van der Waals surface area contributed by atoms with Crippen molar-refractivity contribution in [3.05, 3.63) is 38.4 Å². The number of non-ortho nitro benzene ring substituents is 1. The van der Waals surface area contributed by atoms with Gasteiger partial charge in [0.25, 0.3) is 5.69 Å². The molecule has 0 fully saturated rings. The van der Waals surface area contributed by atoms with Crippen LogP contribution in [-0.4, -0.2) is 28.3 Å². The van der Waals surface area contributed by atoms with E-state index in [0.717, 1.165) is 6.07 Å². The van der Waals surface area contributed by atoms with Crippen molar-refractivity contribution in [3.8, 4) is 0 Å². The molecule has 0 unspecified atom stereocenters. The zero-order valence-corrected chi connectivity index (χ0v) is 12.1. The van der Waals surface area contributed by atoms with Crippen molar-refractivity contribution in [2.24, 2.45) is 5.10 Å². The number of nitrogens with zero attached hydrogens (tertiary/aromatic N) is 3. The lowest BCUT2D eigenvalue weighted by Gasteiger charge is -2.22. The van der Waals surface area contributed by atoms with E-state index in [1.165, 1.54) is 19.2 Å². The third kappa shape index (κ3) is 3.96. The van der Waals surface area contributed by atoms with Crippen LogP contribution in [-0.2, 0) is 4.74 Å². The van der Waals surface area contributed by atoms with Crippen molar-refractivity contribution >= 4 is 22.8 Å². The summed E-state index contributed by atoms with van der Waals surface area (Å²) in [7, 11) is 1.52. The Morgan fingerprint density at radius 1 is 1.29 bits per heavy atom. The van der Waals surface area contributed by atoms with Crippen molar-refractivity contribution in [2.45, 2.75) is 26.4 Å². The lowest BCUT2D eigenvalue weighted by atomic mass is 10.0. The van der Waals surface area contributed by atoms with Gasteiger partial charge in [0.15, 0.2) is 0 Å². The molecule has 114 valence electrons. The normalized spacial score (nSPS) is 12.1. The fraction of sp³-hybridized carbons (Fsp3) is 0.417. The minimum atomic E-state index is -0.707. The first-order chi connectivity index (χ1) is 9.69. The van der Waals surface area contributed by atoms with Gasteiger partial charge in [0.1, 0.15) is 11.3 Å². The molecule has 9 heteroatoms. The molecule has 1 rings (SSSR count). The second-order valence-electron chi connectivity index (χ2n) is 4.74. The number of anilines is 1. The molecule has 0 radical (unpaired) electrons. The molecule has 0 aliphatic carbocycles. The first-order valence-electron chi connectivity index (χ1n) is 5.98. The summed E-state index contributed by atoms with van der Waals surface area (Å²) in [6, 6.07) is 3.29. The highest BCUT2D eigenvalue weighted by Crippen LogP contribution is 2.29. The average molecular weight is 296 g/mol. The summed E-state index contributed by atoms with van der Waals surface area (Å²) in [6.07, 6.45) is 0. The summed E-state index contributed by atoms with van der Waals surface area (Å²) >= 11 is 0. The van der Waals surface area contributed by atoms with Gasteiger partial charge >= 0.3 is 5.69 Å². The molecular weight excluding hydrogens is 280 g/mol. The molecule has 0 saturated heterocycles. The highest BCUT2D eigenvalue weighted by Gasteiger charge is 2.22. The number of nitro benzene ring substituents is 2. The smallest absolute Gasteiger partial charge is 0.301 e. The minimum absolute atomic E-state index is 0.0665. The van der Waals surface area contributed by atoms with Crippen LogP contribution in [0.25, 0.3) is 0 Å². The van der Waals surface area contributed by atoms with Gasteiger partial charge in [-0.2, -0.15) is 5.10 Å². The predicted molar refractivity (Wildman–Crippen MR) is 77.6 cm³/mol. The molecular formula is C12H16N4O5. The van der Waals surface area contributed by atoms with E-state index in [0.29, 0.717) is 5.71 Å². The SMILES string of the molecule is COC(C)(C)C(C)=NNc1ccc([N+](=O)[O-])cc1[N+](=O)[O-]. The van der Waals surface area contributed by atoms with Crippen molar-refractivity contribution in [2.75, 3.05) is 12.5 Å². The molecule has 0 amide bonds. The van der Waals surface area contributed by atoms with E-state index in [-0.39, 0.29) is 11.4 Å². The molecule has 0 spiro atoms. The lowest BCUT2D eigenvalue weighted by Crippen LogP contribution is -2.32. The van der Waals surface area contributed by atoms with Gasteiger partial charge in [-0.3, -0.25) is 25.7 Å². The first kappa shape index (κ1) is 16.5. The van der Waals surface area contributed by atoms with Crippen LogP contribution in [0, 0.1) is 20.2 Å². The van der Waals surface area contributed by atoms with Crippen LogP contribution in [0.2, 0.25) is 0 Å². The Morgan fingerprint density at radius 3 is 2.38 bits per heavy atom. The average Bonchev–Trinajstić information content (AvgIpc) is 2.44. The molecule has 1 aromatic carbocycles. The van der Waals surface area contributed by atoms with E-state index in [9.17, 15) is 20.2 Å². The van der Waals surface area contributed by atoms with Gasteiger partial charge in [-0.05, 0) is 26.8 Å². The second kappa shape index (κ2) is 6.27. The maximum atomic E-state index is 11.0. The Hall–Kier alpha value is -2.55. The number of hydrazone groups is 1. The summed E-state index contributed by atoms with van der Waals surface area (Å²) in [4.78, 5) is 20.2. The molecule has 0 heterocycles. The van der Waals surface area contributed by atoms with Crippen LogP contribution in [0.5, 0.6) is 0 Å². The standard InChI is InChI=1S/C12H16N4O5/c1-8(12(2,3)21-4)13-14-10-6-5-9(15(17)18)7-11(10)16(19)20/h5-7,14H,1-4H3. The van der Waals surface area contributed by atoms with Crippen LogP contribution in [0.3, 0.4) is 0 Å². The fourth-order valence-electron chi connectivity index (χ4n) is 1.31. The van der Waals surface area contributed by atoms with Crippen LogP contribution in [0.1, 0.15) is 20.8 Å². The number of hydrogen-bond donors (Lipinski definition) is 1. The number of nitrogens with one attached hydrogen (secondary N) is 1. The fourth-order valence-corrected chi connectivity index (χ4v) is 1.31. The third-order valence-corrected chi connectivity index (χ3v) is 3.11. The molecule has 21 heavy (non-hydrogen) atoms. The summed E-state index contributed by atoms with van der Waals surface area (Å²) in [5, 5.41) is 25.6. The first-order valence-corrected chi connectivity index (χ1v) is 5.98. The number of methoxy groups -OCH3 is 1. The van der Waals surface area contributed by atoms with E-state index in [4.69, 9.17) is 4.74 Å². The third-order valence-electron chi connectivity index (χ3n) is 3.11. The maximum Gasteiger partial charge on any atom is 0.301 e. The quantitative estimate of drug-likeness (QED) is 0.489. The maximum absolute atomic E-state index is 11.0. The molecule has 0 bridgehead atoms. The summed E-state index contributed by atoms with van der Waals surface area (Å²) in [6.45, 7) is 5.28. The largest absolute Gasteiger partial charge is 0.373 e. The Morgan fingerprint density at radius 2 is 1.90 bits per heavy atom. The van der Waals surface area contributed by atoms with Gasteiger partial charge in [0.2, 0.25) is 0 Å². The summed E-state index contributed by atoms with van der Waals surface area (Å²) in [5.41, 5.74) is 1.77. The zero-order chi connectivity index (χ0) is 16.2. The predicted octanol–water partition coefficient (Wildman–Crippen LogP) is 2.72. The van der Waals surface area contributed by atoms with Crippen molar-refractivity contribution in [1.29, 1.82) is 0 Å². The topological polar surface area (TPSA) is 120 Å². The number of rotatable bonds is 6. The Bertz CT molecular complexity index is 597.